The molecule has 2 rings (SSSR count). The monoisotopic (exact) mass is 228 g/mol. The Balaban J connectivity index is 2.43. The predicted molar refractivity (Wildman–Crippen MR) is 66.8 cm³/mol. The number of ether oxygens (including phenoxy) is 1. The van der Waals surface area contributed by atoms with Gasteiger partial charge in [0.2, 0.25) is 0 Å². The smallest absolute Gasteiger partial charge is 0.420 e. The van der Waals surface area contributed by atoms with E-state index < -0.39 is 11.7 Å². The molecule has 4 nitrogen and oxygen atoms in total. The summed E-state index contributed by atoms with van der Waals surface area (Å²) >= 11 is 0. The molecule has 5 heteroatoms. The molecule has 17 heavy (non-hydrogen) atoms. The average molecular weight is 228 g/mol. The maximum Gasteiger partial charge on any atom is 0.420 e. The van der Waals surface area contributed by atoms with E-state index in [0.29, 0.717) is 11.1 Å². The van der Waals surface area contributed by atoms with Crippen LogP contribution in [0.5, 0.6) is 0 Å². The van der Waals surface area contributed by atoms with Gasteiger partial charge in [-0.3, -0.25) is 0 Å². The van der Waals surface area contributed by atoms with E-state index in [1.54, 1.807) is 24.5 Å². The lowest BCUT2D eigenvalue weighted by Crippen LogP contribution is -2.27. The van der Waals surface area contributed by atoms with Gasteiger partial charge in [-0.15, -0.1) is 0 Å². The molecule has 0 bridgehead atoms. The molecule has 2 aromatic heterocycles. The van der Waals surface area contributed by atoms with Gasteiger partial charge in [-0.2, -0.15) is 0 Å². The maximum absolute atomic E-state index is 11.9. The second-order valence-corrected chi connectivity index (χ2v) is 4.80. The van der Waals surface area contributed by atoms with E-state index in [9.17, 15) is 4.79 Å². The van der Waals surface area contributed by atoms with Crippen LogP contribution in [0.4, 0.5) is 4.79 Å². The third kappa shape index (κ3) is 2.33. The van der Waals surface area contributed by atoms with E-state index in [0.717, 1.165) is 5.39 Å². The topological polar surface area (TPSA) is 44.1 Å². The van der Waals surface area contributed by atoms with Gasteiger partial charge in [0.25, 0.3) is 0 Å². The van der Waals surface area contributed by atoms with Crippen molar-refractivity contribution < 1.29 is 9.53 Å². The fraction of sp³-hybridized carbons (Fsp3) is 0.333. The number of nitrogens with zero attached hydrogens (tertiary/aromatic N) is 2. The molecule has 0 aliphatic rings. The molecule has 2 radical (unpaired) electrons. The highest BCUT2D eigenvalue weighted by atomic mass is 16.6. The Morgan fingerprint density at radius 2 is 2.12 bits per heavy atom. The van der Waals surface area contributed by atoms with E-state index in [-0.39, 0.29) is 0 Å². The van der Waals surface area contributed by atoms with Gasteiger partial charge in [0.1, 0.15) is 19.1 Å². The Bertz CT molecular complexity index is 569. The number of aromatic nitrogens is 2. The lowest BCUT2D eigenvalue weighted by Gasteiger charge is -2.19. The number of pyridine rings is 1. The van der Waals surface area contributed by atoms with Crippen molar-refractivity contribution in [1.29, 1.82) is 0 Å². The minimum atomic E-state index is -0.534. The van der Waals surface area contributed by atoms with Gasteiger partial charge in [0.15, 0.2) is 0 Å². The van der Waals surface area contributed by atoms with Gasteiger partial charge in [-0.1, -0.05) is 11.5 Å². The second kappa shape index (κ2) is 3.91. The summed E-state index contributed by atoms with van der Waals surface area (Å²) in [4.78, 5) is 16.0. The number of fused-ring (bicyclic) bond motifs is 1. The molecule has 0 aromatic carbocycles. The van der Waals surface area contributed by atoms with Crippen LogP contribution in [-0.2, 0) is 4.74 Å². The molecule has 0 fully saturated rings. The van der Waals surface area contributed by atoms with Crippen molar-refractivity contribution in [3.63, 3.8) is 0 Å². The van der Waals surface area contributed by atoms with Crippen molar-refractivity contribution >= 4 is 30.4 Å². The lowest BCUT2D eigenvalue weighted by molar-refractivity contribution is 0.0543. The van der Waals surface area contributed by atoms with Crippen molar-refractivity contribution in [3.8, 4) is 0 Å². The number of carbonyl (C=O) groups excluding carboxylic acids is 1. The summed E-state index contributed by atoms with van der Waals surface area (Å²) in [5.41, 5.74) is 0.574. The third-order valence-electron chi connectivity index (χ3n) is 2.21. The van der Waals surface area contributed by atoms with Gasteiger partial charge in [0.05, 0.1) is 0 Å². The summed E-state index contributed by atoms with van der Waals surface area (Å²) in [6.45, 7) is 5.45. The molecule has 0 spiro atoms. The first-order valence-electron chi connectivity index (χ1n) is 5.33. The first-order chi connectivity index (χ1) is 7.88. The summed E-state index contributed by atoms with van der Waals surface area (Å²) in [6, 6.07) is 3.45. The van der Waals surface area contributed by atoms with Gasteiger partial charge < -0.3 is 4.74 Å². The summed E-state index contributed by atoms with van der Waals surface area (Å²) < 4.78 is 6.63. The normalized spacial score (nSPS) is 11.7. The van der Waals surface area contributed by atoms with Crippen LogP contribution in [-0.4, -0.2) is 29.1 Å². The zero-order valence-corrected chi connectivity index (χ0v) is 10.1. The Hall–Kier alpha value is -1.78. The lowest BCUT2D eigenvalue weighted by atomic mass is 9.94. The summed E-state index contributed by atoms with van der Waals surface area (Å²) in [5.74, 6) is 0. The molecule has 0 N–H and O–H groups in total. The maximum atomic E-state index is 11.9. The molecular formula is C12H13BN2O2. The van der Waals surface area contributed by atoms with E-state index in [2.05, 4.69) is 4.98 Å². The van der Waals surface area contributed by atoms with Gasteiger partial charge in [-0.05, 0) is 26.8 Å². The summed E-state index contributed by atoms with van der Waals surface area (Å²) in [6.07, 6.45) is 2.73. The van der Waals surface area contributed by atoms with Crippen molar-refractivity contribution in [2.45, 2.75) is 26.4 Å². The zero-order valence-electron chi connectivity index (χ0n) is 10.1. The summed E-state index contributed by atoms with van der Waals surface area (Å²) in [5, 5.41) is 0.748. The summed E-state index contributed by atoms with van der Waals surface area (Å²) in [7, 11) is 5.79. The van der Waals surface area contributed by atoms with Crippen LogP contribution in [0.3, 0.4) is 0 Å². The quantitative estimate of drug-likeness (QED) is 0.643. The van der Waals surface area contributed by atoms with Crippen LogP contribution < -0.4 is 5.46 Å². The number of hydrogen-bond donors (Lipinski definition) is 0. The minimum Gasteiger partial charge on any atom is -0.443 e. The Labute approximate surface area is 101 Å². The van der Waals surface area contributed by atoms with Crippen LogP contribution in [0.1, 0.15) is 20.8 Å². The fourth-order valence-electron chi connectivity index (χ4n) is 1.52. The van der Waals surface area contributed by atoms with Crippen LogP contribution in [0, 0.1) is 0 Å². The molecule has 0 unspecified atom stereocenters. The van der Waals surface area contributed by atoms with Crippen LogP contribution in [0.25, 0.3) is 11.0 Å². The molecule has 0 aliphatic carbocycles. The number of carbonyl (C=O) groups is 1. The first kappa shape index (κ1) is 11.7. The standard InChI is InChI=1S/C12H13BN2O2/c1-12(2,3)17-11(16)15-7-5-8-9(13)4-6-14-10(8)15/h4-7H,1-3H3. The van der Waals surface area contributed by atoms with E-state index in [4.69, 9.17) is 12.6 Å². The molecule has 2 heterocycles. The highest BCUT2D eigenvalue weighted by molar-refractivity contribution is 6.38. The SMILES string of the molecule is [B]c1ccnc2c1ccn2C(=O)OC(C)(C)C. The Morgan fingerprint density at radius 3 is 2.76 bits per heavy atom. The van der Waals surface area contributed by atoms with Crippen molar-refractivity contribution in [3.05, 3.63) is 24.5 Å². The van der Waals surface area contributed by atoms with Gasteiger partial charge >= 0.3 is 6.09 Å². The van der Waals surface area contributed by atoms with Crippen LogP contribution in [0.15, 0.2) is 24.5 Å². The van der Waals surface area contributed by atoms with Gasteiger partial charge in [0, 0.05) is 17.8 Å². The number of rotatable bonds is 0. The molecule has 0 saturated carbocycles. The molecule has 0 saturated heterocycles. The molecule has 2 aromatic rings. The number of hydrogen-bond acceptors (Lipinski definition) is 3. The first-order valence-corrected chi connectivity index (χ1v) is 5.33. The molecule has 0 amide bonds. The Kier molecular flexibility index (Phi) is 2.69. The molecule has 0 aliphatic heterocycles. The fourth-order valence-corrected chi connectivity index (χ4v) is 1.52. The van der Waals surface area contributed by atoms with E-state index in [1.807, 2.05) is 20.8 Å². The van der Waals surface area contributed by atoms with Gasteiger partial charge in [-0.25, -0.2) is 14.3 Å². The van der Waals surface area contributed by atoms with Crippen molar-refractivity contribution in [2.24, 2.45) is 0 Å². The van der Waals surface area contributed by atoms with E-state index >= 15 is 0 Å². The molecular weight excluding hydrogens is 215 g/mol. The van der Waals surface area contributed by atoms with Crippen molar-refractivity contribution in [1.82, 2.24) is 9.55 Å². The highest BCUT2D eigenvalue weighted by Crippen LogP contribution is 2.14. The zero-order chi connectivity index (χ0) is 12.6. The average Bonchev–Trinajstić information content (AvgIpc) is 2.60. The second-order valence-electron chi connectivity index (χ2n) is 4.80. The minimum absolute atomic E-state index is 0.453. The van der Waals surface area contributed by atoms with Crippen LogP contribution in [0.2, 0.25) is 0 Å². The highest BCUT2D eigenvalue weighted by Gasteiger charge is 2.19. The molecule has 0 atom stereocenters. The largest absolute Gasteiger partial charge is 0.443 e. The van der Waals surface area contributed by atoms with Crippen molar-refractivity contribution in [2.75, 3.05) is 0 Å². The molecule has 86 valence electrons. The van der Waals surface area contributed by atoms with Crippen LogP contribution >= 0.6 is 0 Å². The third-order valence-corrected chi connectivity index (χ3v) is 2.21. The Morgan fingerprint density at radius 1 is 1.41 bits per heavy atom. The predicted octanol–water partition coefficient (Wildman–Crippen LogP) is 1.61. The van der Waals surface area contributed by atoms with E-state index in [1.165, 1.54) is 4.57 Å².